The van der Waals surface area contributed by atoms with Crippen LogP contribution < -0.4 is 21.1 Å². The number of ether oxygens (including phenoxy) is 4. The Morgan fingerprint density at radius 1 is 0.648 bits per heavy atom. The van der Waals surface area contributed by atoms with Crippen molar-refractivity contribution < 1.29 is 42.9 Å². The van der Waals surface area contributed by atoms with Crippen LogP contribution in [0.5, 0.6) is 0 Å². The smallest absolute Gasteiger partial charge is 0.427 e. The number of urea groups is 1. The molecule has 0 unspecified atom stereocenters. The molecule has 0 heterocycles. The number of unbranched alkanes of at least 4 members (excludes halogenated alkanes) is 1. The molecule has 13 nitrogen and oxygen atoms in total. The molecule has 3 N–H and O–H groups in total. The van der Waals surface area contributed by atoms with Crippen LogP contribution in [-0.2, 0) is 43.6 Å². The fourth-order valence-corrected chi connectivity index (χ4v) is 4.93. The number of hydrogen-bond acceptors (Lipinski definition) is 9. The van der Waals surface area contributed by atoms with Crippen LogP contribution in [0, 0.1) is 0 Å². The second kappa shape index (κ2) is 20.6. The molecule has 4 aromatic carbocycles. The Labute approximate surface area is 314 Å². The summed E-state index contributed by atoms with van der Waals surface area (Å²) in [6.45, 7) is 5.37. The van der Waals surface area contributed by atoms with Crippen molar-refractivity contribution in [1.29, 1.82) is 0 Å². The molecular weight excluding hydrogens is 692 g/mol. The van der Waals surface area contributed by atoms with Crippen LogP contribution >= 0.6 is 0 Å². The molecule has 1 atom stereocenters. The van der Waals surface area contributed by atoms with Crippen molar-refractivity contribution in [3.8, 4) is 0 Å². The van der Waals surface area contributed by atoms with Crippen LogP contribution in [0.15, 0.2) is 115 Å². The first-order valence-electron chi connectivity index (χ1n) is 17.5. The zero-order valence-corrected chi connectivity index (χ0v) is 30.6. The Morgan fingerprint density at radius 2 is 1.20 bits per heavy atom. The number of nitrogens with one attached hydrogen (secondary N) is 3. The molecule has 0 saturated heterocycles. The van der Waals surface area contributed by atoms with Gasteiger partial charge in [0.05, 0.1) is 11.3 Å². The van der Waals surface area contributed by atoms with Gasteiger partial charge in [-0.3, -0.25) is 0 Å². The lowest BCUT2D eigenvalue weighted by Crippen LogP contribution is -2.55. The lowest BCUT2D eigenvalue weighted by Gasteiger charge is -2.28. The van der Waals surface area contributed by atoms with Gasteiger partial charge in [0.1, 0.15) is 31.5 Å². The van der Waals surface area contributed by atoms with Crippen molar-refractivity contribution in [2.45, 2.75) is 71.5 Å². The van der Waals surface area contributed by atoms with Gasteiger partial charge in [0.2, 0.25) is 0 Å². The van der Waals surface area contributed by atoms with Gasteiger partial charge in [-0.2, -0.15) is 0 Å². The van der Waals surface area contributed by atoms with E-state index < -0.39 is 41.8 Å². The second-order valence-corrected chi connectivity index (χ2v) is 13.1. The van der Waals surface area contributed by atoms with Gasteiger partial charge in [-0.1, -0.05) is 97.1 Å². The largest absolute Gasteiger partial charge is 0.459 e. The molecule has 0 aromatic heterocycles. The monoisotopic (exact) mass is 738 g/mol. The molecule has 0 fully saturated rings. The van der Waals surface area contributed by atoms with E-state index in [1.807, 2.05) is 78.9 Å². The fourth-order valence-electron chi connectivity index (χ4n) is 4.93. The van der Waals surface area contributed by atoms with Gasteiger partial charge in [-0.25, -0.2) is 34.4 Å². The lowest BCUT2D eigenvalue weighted by molar-refractivity contribution is -0.147. The van der Waals surface area contributed by atoms with Crippen LogP contribution in [0.25, 0.3) is 0 Å². The number of anilines is 1. The van der Waals surface area contributed by atoms with Gasteiger partial charge in [0, 0.05) is 6.54 Å². The molecule has 13 heteroatoms. The molecule has 0 aliphatic heterocycles. The zero-order chi connectivity index (χ0) is 38.8. The number of hydrogen-bond donors (Lipinski definition) is 3. The molecule has 0 aliphatic carbocycles. The first kappa shape index (κ1) is 40.4. The minimum absolute atomic E-state index is 0.0292. The molecule has 0 radical (unpaired) electrons. The van der Waals surface area contributed by atoms with Crippen LogP contribution in [-0.4, -0.2) is 48.3 Å². The lowest BCUT2D eigenvalue weighted by atomic mass is 10.1. The van der Waals surface area contributed by atoms with E-state index in [9.17, 15) is 24.0 Å². The third-order valence-electron chi connectivity index (χ3n) is 7.57. The van der Waals surface area contributed by atoms with Gasteiger partial charge in [-0.15, -0.1) is 0 Å². The summed E-state index contributed by atoms with van der Waals surface area (Å²) in [5, 5.41) is 6.20. The predicted octanol–water partition coefficient (Wildman–Crippen LogP) is 7.21. The Kier molecular flexibility index (Phi) is 15.4. The van der Waals surface area contributed by atoms with E-state index in [2.05, 4.69) is 16.1 Å². The van der Waals surface area contributed by atoms with Gasteiger partial charge < -0.3 is 29.6 Å². The molecule has 0 spiro atoms. The number of esters is 2. The van der Waals surface area contributed by atoms with Crippen LogP contribution in [0.4, 0.5) is 20.1 Å². The maximum Gasteiger partial charge on any atom is 0.427 e. The summed E-state index contributed by atoms with van der Waals surface area (Å²) < 4.78 is 21.7. The highest BCUT2D eigenvalue weighted by Crippen LogP contribution is 2.19. The quantitative estimate of drug-likeness (QED) is 0.0495. The first-order chi connectivity index (χ1) is 26.0. The number of amides is 4. The molecule has 4 aromatic rings. The highest BCUT2D eigenvalue weighted by atomic mass is 16.6. The van der Waals surface area contributed by atoms with E-state index in [-0.39, 0.29) is 44.0 Å². The summed E-state index contributed by atoms with van der Waals surface area (Å²) in [5.41, 5.74) is 4.11. The predicted molar refractivity (Wildman–Crippen MR) is 201 cm³/mol. The average Bonchev–Trinajstić information content (AvgIpc) is 3.17. The van der Waals surface area contributed by atoms with Crippen LogP contribution in [0.1, 0.15) is 67.1 Å². The summed E-state index contributed by atoms with van der Waals surface area (Å²) in [6.07, 6.45) is -0.561. The number of alkyl carbamates (subject to hydrolysis) is 1. The maximum absolute atomic E-state index is 13.9. The summed E-state index contributed by atoms with van der Waals surface area (Å²) in [4.78, 5) is 65.5. The normalized spacial score (nSPS) is 11.3. The SMILES string of the molecule is CC(C)(C)OC(=O)NN(C(=O)N[C@@H](CCCCNC(=O)OCc1ccccc1)C(=O)OCc1ccccc1)c1cccc(C(=O)OCc2ccccc2)c1. The van der Waals surface area contributed by atoms with Crippen molar-refractivity contribution in [3.63, 3.8) is 0 Å². The Hall–Kier alpha value is -6.37. The summed E-state index contributed by atoms with van der Waals surface area (Å²) >= 11 is 0. The van der Waals surface area contributed by atoms with Gasteiger partial charge in [0.15, 0.2) is 0 Å². The molecular formula is C41H46N4O9. The zero-order valence-electron chi connectivity index (χ0n) is 30.6. The molecule has 4 amide bonds. The second-order valence-electron chi connectivity index (χ2n) is 13.1. The topological polar surface area (TPSA) is 162 Å². The average molecular weight is 739 g/mol. The van der Waals surface area contributed by atoms with Crippen molar-refractivity contribution in [1.82, 2.24) is 16.1 Å². The van der Waals surface area contributed by atoms with Gasteiger partial charge in [0.25, 0.3) is 0 Å². The van der Waals surface area contributed by atoms with E-state index in [0.717, 1.165) is 21.7 Å². The van der Waals surface area contributed by atoms with Crippen LogP contribution in [0.3, 0.4) is 0 Å². The minimum Gasteiger partial charge on any atom is -0.459 e. The van der Waals surface area contributed by atoms with Crippen molar-refractivity contribution in [2.24, 2.45) is 0 Å². The first-order valence-corrected chi connectivity index (χ1v) is 17.5. The molecule has 0 saturated carbocycles. The number of hydrazine groups is 1. The number of benzene rings is 4. The third kappa shape index (κ3) is 14.3. The molecule has 0 aliphatic rings. The Morgan fingerprint density at radius 3 is 1.78 bits per heavy atom. The number of carbonyl (C=O) groups excluding carboxylic acids is 5. The van der Waals surface area contributed by atoms with Crippen molar-refractivity contribution in [2.75, 3.05) is 11.6 Å². The number of rotatable bonds is 15. The van der Waals surface area contributed by atoms with E-state index in [1.54, 1.807) is 32.9 Å². The summed E-state index contributed by atoms with van der Waals surface area (Å²) in [5.74, 6) is -1.36. The van der Waals surface area contributed by atoms with E-state index in [1.165, 1.54) is 24.3 Å². The highest BCUT2D eigenvalue weighted by Gasteiger charge is 2.29. The van der Waals surface area contributed by atoms with Crippen molar-refractivity contribution >= 4 is 35.8 Å². The van der Waals surface area contributed by atoms with E-state index >= 15 is 0 Å². The molecule has 54 heavy (non-hydrogen) atoms. The number of nitrogens with zero attached hydrogens (tertiary/aromatic N) is 1. The summed E-state index contributed by atoms with van der Waals surface area (Å²) in [7, 11) is 0. The highest BCUT2D eigenvalue weighted by molar-refractivity contribution is 5.98. The molecule has 284 valence electrons. The van der Waals surface area contributed by atoms with Crippen LogP contribution in [0.2, 0.25) is 0 Å². The Balaban J connectivity index is 1.45. The van der Waals surface area contributed by atoms with Gasteiger partial charge in [-0.05, 0) is 74.9 Å². The molecule has 4 rings (SSSR count). The van der Waals surface area contributed by atoms with E-state index in [0.29, 0.717) is 12.8 Å². The van der Waals surface area contributed by atoms with Gasteiger partial charge >= 0.3 is 30.2 Å². The molecule has 0 bridgehead atoms. The van der Waals surface area contributed by atoms with E-state index in [4.69, 9.17) is 18.9 Å². The van der Waals surface area contributed by atoms with Crippen molar-refractivity contribution in [3.05, 3.63) is 138 Å². The minimum atomic E-state index is -1.16. The fraction of sp³-hybridized carbons (Fsp3) is 0.293. The Bertz CT molecular complexity index is 1820. The standard InChI is InChI=1S/C41H46N4O9/c1-41(2,3)54-40(50)44-45(34-23-15-22-33(26-34)36(46)51-27-30-16-7-4-8-17-30)38(48)43-35(37(47)52-28-31-18-9-5-10-19-31)24-13-14-25-42-39(49)53-29-32-20-11-6-12-21-32/h4-12,15-23,26,35H,13-14,24-25,27-29H2,1-3H3,(H,42,49)(H,43,48)(H,44,50)/t35-/m0/s1. The number of carbonyl (C=O) groups is 5. The summed E-state index contributed by atoms with van der Waals surface area (Å²) in [6, 6.07) is 31.3. The third-order valence-corrected chi connectivity index (χ3v) is 7.57. The maximum atomic E-state index is 13.9.